The van der Waals surface area contributed by atoms with Gasteiger partial charge in [0.15, 0.2) is 0 Å². The zero-order valence-corrected chi connectivity index (χ0v) is 6.38. The second-order valence-electron chi connectivity index (χ2n) is 2.57. The fourth-order valence-corrected chi connectivity index (χ4v) is 0.647. The van der Waals surface area contributed by atoms with E-state index in [-0.39, 0.29) is 0 Å². The van der Waals surface area contributed by atoms with Gasteiger partial charge in [0.25, 0.3) is 0 Å². The van der Waals surface area contributed by atoms with Gasteiger partial charge in [-0.2, -0.15) is 0 Å². The van der Waals surface area contributed by atoms with E-state index in [2.05, 4.69) is 0 Å². The molecule has 0 rings (SSSR count). The molecular weight excluding hydrogens is 150 g/mol. The molecule has 0 aromatic carbocycles. The molecule has 0 aromatic heterocycles. The van der Waals surface area contributed by atoms with Crippen LogP contribution in [0.4, 0.5) is 0 Å². The summed E-state index contributed by atoms with van der Waals surface area (Å²) >= 11 is 0. The van der Waals surface area contributed by atoms with E-state index in [0.29, 0.717) is 0 Å². The van der Waals surface area contributed by atoms with Gasteiger partial charge >= 0.3 is 0 Å². The van der Waals surface area contributed by atoms with E-state index in [0.717, 1.165) is 0 Å². The molecule has 0 aromatic rings. The van der Waals surface area contributed by atoms with Gasteiger partial charge in [-0.05, 0) is 6.92 Å². The topological polar surface area (TPSA) is 107 Å². The molecule has 0 radical (unpaired) electrons. The van der Waals surface area contributed by atoms with Crippen LogP contribution in [0.25, 0.3) is 0 Å². The molecule has 6 N–H and O–H groups in total. The lowest BCUT2D eigenvalue weighted by molar-refractivity contribution is -0.0661. The van der Waals surface area contributed by atoms with Gasteiger partial charge in [0.1, 0.15) is 6.10 Å². The van der Waals surface area contributed by atoms with Gasteiger partial charge in [-0.3, -0.25) is 0 Å². The fraction of sp³-hybridized carbons (Fsp3) is 1.00. The Morgan fingerprint density at radius 1 is 1.18 bits per heavy atom. The minimum Gasteiger partial charge on any atom is -0.395 e. The van der Waals surface area contributed by atoms with Crippen LogP contribution in [0.3, 0.4) is 0 Å². The third kappa shape index (κ3) is 3.13. The third-order valence-corrected chi connectivity index (χ3v) is 1.49. The number of hydrogen-bond acceptors (Lipinski definition) is 5. The highest BCUT2D eigenvalue weighted by atomic mass is 16.4. The van der Waals surface area contributed by atoms with E-state index < -0.39 is 31.0 Å². The minimum absolute atomic E-state index is 0.426. The lowest BCUT2D eigenvalue weighted by atomic mass is 10.0. The quantitative estimate of drug-likeness (QED) is 0.314. The lowest BCUT2D eigenvalue weighted by Crippen LogP contribution is -2.49. The predicted molar refractivity (Wildman–Crippen MR) is 38.8 cm³/mol. The Bertz CT molecular complexity index is 109. The van der Waals surface area contributed by atoms with Gasteiger partial charge < -0.3 is 26.2 Å². The number of hydrogen-bond donors (Lipinski definition) is 5. The van der Waals surface area contributed by atoms with E-state index in [9.17, 15) is 0 Å². The van der Waals surface area contributed by atoms with Gasteiger partial charge in [-0.1, -0.05) is 0 Å². The number of nitrogens with two attached hydrogens (primary N) is 1. The maximum Gasteiger partial charge on any atom is 0.107 e. The van der Waals surface area contributed by atoms with E-state index in [1.807, 2.05) is 0 Å². The standard InChI is InChI=1S/C6H15NO4/c1-3(9)5(10)6(11)4(7)2-8/h3-6,8-11H,2,7H2,1H3/t3-,4-,5-,6-/m1/s1. The van der Waals surface area contributed by atoms with Crippen LogP contribution in [0, 0.1) is 0 Å². The first-order chi connectivity index (χ1) is 5.00. The Balaban J connectivity index is 3.90. The summed E-state index contributed by atoms with van der Waals surface area (Å²) in [4.78, 5) is 0. The normalized spacial score (nSPS) is 22.4. The van der Waals surface area contributed by atoms with Gasteiger partial charge in [0.2, 0.25) is 0 Å². The van der Waals surface area contributed by atoms with Crippen molar-refractivity contribution in [2.45, 2.75) is 31.3 Å². The Kier molecular flexibility index (Phi) is 4.55. The van der Waals surface area contributed by atoms with E-state index in [1.165, 1.54) is 6.92 Å². The molecule has 5 heteroatoms. The Morgan fingerprint density at radius 3 is 1.91 bits per heavy atom. The van der Waals surface area contributed by atoms with E-state index in [1.54, 1.807) is 0 Å². The molecule has 68 valence electrons. The summed E-state index contributed by atoms with van der Waals surface area (Å²) in [6.45, 7) is 0.906. The Labute approximate surface area is 65.1 Å². The van der Waals surface area contributed by atoms with Crippen molar-refractivity contribution in [2.75, 3.05) is 6.61 Å². The second-order valence-corrected chi connectivity index (χ2v) is 2.57. The Morgan fingerprint density at radius 2 is 1.64 bits per heavy atom. The molecular formula is C6H15NO4. The molecule has 0 fully saturated rings. The fourth-order valence-electron chi connectivity index (χ4n) is 0.647. The lowest BCUT2D eigenvalue weighted by Gasteiger charge is -2.23. The van der Waals surface area contributed by atoms with Crippen LogP contribution in [0.15, 0.2) is 0 Å². The monoisotopic (exact) mass is 165 g/mol. The first-order valence-electron chi connectivity index (χ1n) is 3.41. The molecule has 0 amide bonds. The molecule has 0 saturated heterocycles. The average molecular weight is 165 g/mol. The van der Waals surface area contributed by atoms with E-state index >= 15 is 0 Å². The molecule has 5 nitrogen and oxygen atoms in total. The van der Waals surface area contributed by atoms with Crippen LogP contribution in [0.5, 0.6) is 0 Å². The molecule has 0 heterocycles. The first-order valence-corrected chi connectivity index (χ1v) is 3.41. The summed E-state index contributed by atoms with van der Waals surface area (Å²) in [6, 6.07) is -0.917. The molecule has 0 saturated carbocycles. The van der Waals surface area contributed by atoms with Gasteiger partial charge in [0, 0.05) is 0 Å². The summed E-state index contributed by atoms with van der Waals surface area (Å²) in [7, 11) is 0. The number of rotatable bonds is 4. The minimum atomic E-state index is -1.31. The van der Waals surface area contributed by atoms with Crippen LogP contribution < -0.4 is 5.73 Å². The molecule has 0 bridgehead atoms. The molecule has 11 heavy (non-hydrogen) atoms. The summed E-state index contributed by atoms with van der Waals surface area (Å²) < 4.78 is 0. The van der Waals surface area contributed by atoms with Crippen LogP contribution in [0.2, 0.25) is 0 Å². The second kappa shape index (κ2) is 4.63. The highest BCUT2D eigenvalue weighted by Crippen LogP contribution is 2.02. The van der Waals surface area contributed by atoms with Crippen molar-refractivity contribution >= 4 is 0 Å². The van der Waals surface area contributed by atoms with Crippen molar-refractivity contribution in [1.29, 1.82) is 0 Å². The number of aliphatic hydroxyl groups is 4. The maximum absolute atomic E-state index is 9.06. The average Bonchev–Trinajstić information content (AvgIpc) is 2.00. The maximum atomic E-state index is 9.06. The van der Waals surface area contributed by atoms with Gasteiger partial charge in [0.05, 0.1) is 24.9 Å². The van der Waals surface area contributed by atoms with Crippen LogP contribution in [0.1, 0.15) is 6.92 Å². The van der Waals surface area contributed by atoms with Crippen LogP contribution >= 0.6 is 0 Å². The predicted octanol–water partition coefficient (Wildman–Crippen LogP) is -2.59. The molecule has 0 aliphatic carbocycles. The van der Waals surface area contributed by atoms with Crippen LogP contribution in [-0.2, 0) is 0 Å². The molecule has 0 aliphatic rings. The highest BCUT2D eigenvalue weighted by molar-refractivity contribution is 4.80. The highest BCUT2D eigenvalue weighted by Gasteiger charge is 2.26. The van der Waals surface area contributed by atoms with Crippen molar-refractivity contribution in [3.8, 4) is 0 Å². The Hall–Kier alpha value is -0.200. The summed E-state index contributed by atoms with van der Waals surface area (Å²) in [5, 5.41) is 35.3. The first kappa shape index (κ1) is 10.8. The molecule has 0 unspecified atom stereocenters. The number of aliphatic hydroxyl groups excluding tert-OH is 4. The molecule has 0 aliphatic heterocycles. The smallest absolute Gasteiger partial charge is 0.107 e. The van der Waals surface area contributed by atoms with Crippen molar-refractivity contribution < 1.29 is 20.4 Å². The zero-order chi connectivity index (χ0) is 9.02. The molecule has 4 atom stereocenters. The SMILES string of the molecule is C[C@@H](O)[C@@H](O)[C@H](O)[C@H](N)CO. The largest absolute Gasteiger partial charge is 0.395 e. The van der Waals surface area contributed by atoms with Crippen molar-refractivity contribution in [3.63, 3.8) is 0 Å². The van der Waals surface area contributed by atoms with Crippen molar-refractivity contribution in [3.05, 3.63) is 0 Å². The molecule has 0 spiro atoms. The van der Waals surface area contributed by atoms with Crippen molar-refractivity contribution in [2.24, 2.45) is 5.73 Å². The zero-order valence-electron chi connectivity index (χ0n) is 6.38. The van der Waals surface area contributed by atoms with E-state index in [4.69, 9.17) is 26.2 Å². The summed E-state index contributed by atoms with van der Waals surface area (Å²) in [6.07, 6.45) is -3.65. The van der Waals surface area contributed by atoms with Crippen LogP contribution in [-0.4, -0.2) is 51.4 Å². The summed E-state index contributed by atoms with van der Waals surface area (Å²) in [5.74, 6) is 0. The van der Waals surface area contributed by atoms with Crippen molar-refractivity contribution in [1.82, 2.24) is 0 Å². The summed E-state index contributed by atoms with van der Waals surface area (Å²) in [5.41, 5.74) is 5.18. The van der Waals surface area contributed by atoms with Gasteiger partial charge in [-0.15, -0.1) is 0 Å². The third-order valence-electron chi connectivity index (χ3n) is 1.49. The van der Waals surface area contributed by atoms with Gasteiger partial charge in [-0.25, -0.2) is 0 Å².